The Labute approximate surface area is 202 Å². The van der Waals surface area contributed by atoms with Crippen LogP contribution in [0.15, 0.2) is 45.6 Å². The molecule has 11 nitrogen and oxygen atoms in total. The minimum Gasteiger partial charge on any atom is -0.457 e. The van der Waals surface area contributed by atoms with Crippen molar-refractivity contribution in [2.45, 2.75) is 27.3 Å². The molecule has 3 aromatic rings. The van der Waals surface area contributed by atoms with E-state index in [-0.39, 0.29) is 20.7 Å². The third-order valence-electron chi connectivity index (χ3n) is 4.76. The fourth-order valence-electron chi connectivity index (χ4n) is 2.90. The quantitative estimate of drug-likeness (QED) is 0.383. The van der Waals surface area contributed by atoms with Crippen LogP contribution >= 0.6 is 11.3 Å². The molecule has 1 aromatic carbocycles. The molecule has 0 spiro atoms. The van der Waals surface area contributed by atoms with Crippen molar-refractivity contribution in [2.24, 2.45) is 11.1 Å². The molecule has 0 aliphatic rings. The van der Waals surface area contributed by atoms with E-state index in [4.69, 9.17) is 10.2 Å². The number of nitro benzene ring substituents is 1. The van der Waals surface area contributed by atoms with Gasteiger partial charge in [0.15, 0.2) is 5.78 Å². The second-order valence-electron chi connectivity index (χ2n) is 8.52. The Morgan fingerprint density at radius 1 is 1.17 bits per heavy atom. The molecule has 3 rings (SSSR count). The minimum absolute atomic E-state index is 0.0554. The number of carbonyl (C=O) groups excluding carboxylic acids is 3. The summed E-state index contributed by atoms with van der Waals surface area (Å²) in [4.78, 5) is 59.0. The number of Topliss-reactive ketones (excluding diaryl/α,β-unsaturated/α-hetero) is 1. The summed E-state index contributed by atoms with van der Waals surface area (Å²) < 4.78 is 7.26. The number of aromatic nitrogens is 1. The topological polar surface area (TPSA) is 168 Å². The molecule has 0 radical (unpaired) electrons. The fourth-order valence-corrected chi connectivity index (χ4v) is 3.93. The highest BCUT2D eigenvalue weighted by atomic mass is 32.1. The van der Waals surface area contributed by atoms with Crippen LogP contribution in [0.1, 0.15) is 26.5 Å². The number of primary amides is 1. The first kappa shape index (κ1) is 25.3. The molecule has 2 aromatic heterocycles. The Morgan fingerprint density at radius 2 is 1.83 bits per heavy atom. The SMILES string of the molecule is CC(C)(C)C(=O)C=c1sc(=Cc2ccc(-c3ccc([N+](=O)[O-])cc3)o2)c(=O)n1CC(=O)NC(N)=O. The second-order valence-corrected chi connectivity index (χ2v) is 9.58. The number of imide groups is 1. The number of benzene rings is 1. The minimum atomic E-state index is -1.06. The van der Waals surface area contributed by atoms with Crippen LogP contribution in [0.25, 0.3) is 23.5 Å². The fraction of sp³-hybridized carbons (Fsp3) is 0.217. The highest BCUT2D eigenvalue weighted by Gasteiger charge is 2.20. The van der Waals surface area contributed by atoms with Crippen LogP contribution in [0, 0.1) is 15.5 Å². The number of hydrogen-bond acceptors (Lipinski definition) is 8. The number of urea groups is 1. The van der Waals surface area contributed by atoms with E-state index in [0.29, 0.717) is 17.1 Å². The zero-order valence-corrected chi connectivity index (χ0v) is 19.9. The molecule has 0 unspecified atom stereocenters. The van der Waals surface area contributed by atoms with E-state index < -0.39 is 34.4 Å². The molecule has 3 N–H and O–H groups in total. The Hall–Kier alpha value is -4.32. The maximum absolute atomic E-state index is 13.0. The zero-order valence-electron chi connectivity index (χ0n) is 19.1. The molecule has 35 heavy (non-hydrogen) atoms. The highest BCUT2D eigenvalue weighted by Crippen LogP contribution is 2.24. The van der Waals surface area contributed by atoms with Crippen LogP contribution in [0.3, 0.4) is 0 Å². The van der Waals surface area contributed by atoms with E-state index in [2.05, 4.69) is 0 Å². The normalized spacial score (nSPS) is 12.5. The van der Waals surface area contributed by atoms with Crippen molar-refractivity contribution in [1.82, 2.24) is 9.88 Å². The van der Waals surface area contributed by atoms with E-state index in [1.807, 2.05) is 5.32 Å². The summed E-state index contributed by atoms with van der Waals surface area (Å²) in [7, 11) is 0. The number of nitro groups is 1. The summed E-state index contributed by atoms with van der Waals surface area (Å²) in [6.07, 6.45) is 2.74. The largest absolute Gasteiger partial charge is 0.457 e. The van der Waals surface area contributed by atoms with Gasteiger partial charge in [-0.25, -0.2) is 4.79 Å². The third-order valence-corrected chi connectivity index (χ3v) is 5.82. The number of thiazole rings is 1. The number of nitrogens with two attached hydrogens (primary N) is 1. The molecule has 182 valence electrons. The lowest BCUT2D eigenvalue weighted by Crippen LogP contribution is -2.42. The van der Waals surface area contributed by atoms with E-state index >= 15 is 0 Å². The molecule has 12 heteroatoms. The number of nitrogens with zero attached hydrogens (tertiary/aromatic N) is 2. The van der Waals surface area contributed by atoms with Gasteiger partial charge in [0.25, 0.3) is 11.2 Å². The van der Waals surface area contributed by atoms with Crippen molar-refractivity contribution in [2.75, 3.05) is 0 Å². The van der Waals surface area contributed by atoms with E-state index in [9.17, 15) is 29.3 Å². The van der Waals surface area contributed by atoms with Gasteiger partial charge < -0.3 is 10.2 Å². The Kier molecular flexibility index (Phi) is 7.15. The summed E-state index contributed by atoms with van der Waals surface area (Å²) in [5.74, 6) is -0.314. The van der Waals surface area contributed by atoms with Gasteiger partial charge in [-0.2, -0.15) is 0 Å². The van der Waals surface area contributed by atoms with Crippen molar-refractivity contribution in [3.8, 4) is 11.3 Å². The highest BCUT2D eigenvalue weighted by molar-refractivity contribution is 7.07. The molecule has 0 aliphatic heterocycles. The maximum atomic E-state index is 13.0. The molecule has 0 aliphatic carbocycles. The van der Waals surface area contributed by atoms with Gasteiger partial charge in [0.2, 0.25) is 5.91 Å². The molecule has 0 bridgehead atoms. The third kappa shape index (κ3) is 6.18. The maximum Gasteiger partial charge on any atom is 0.318 e. The number of non-ortho nitro benzene ring substituents is 1. The summed E-state index contributed by atoms with van der Waals surface area (Å²) in [6.45, 7) is 4.65. The number of rotatable bonds is 6. The smallest absolute Gasteiger partial charge is 0.318 e. The van der Waals surface area contributed by atoms with Gasteiger partial charge in [-0.1, -0.05) is 20.8 Å². The average molecular weight is 499 g/mol. The van der Waals surface area contributed by atoms with Crippen molar-refractivity contribution in [1.29, 1.82) is 0 Å². The average Bonchev–Trinajstić information content (AvgIpc) is 3.33. The summed E-state index contributed by atoms with van der Waals surface area (Å²) in [5.41, 5.74) is 4.24. The molecule has 0 saturated heterocycles. The lowest BCUT2D eigenvalue weighted by atomic mass is 9.91. The number of carbonyl (C=O) groups is 3. The van der Waals surface area contributed by atoms with Gasteiger partial charge in [0.05, 0.1) is 9.46 Å². The first-order valence-electron chi connectivity index (χ1n) is 10.3. The van der Waals surface area contributed by atoms with Crippen molar-refractivity contribution in [3.63, 3.8) is 0 Å². The summed E-state index contributed by atoms with van der Waals surface area (Å²) in [5, 5.41) is 12.7. The molecular formula is C23H22N4O7S. The molecule has 0 atom stereocenters. The predicted octanol–water partition coefficient (Wildman–Crippen LogP) is 1.50. The lowest BCUT2D eigenvalue weighted by molar-refractivity contribution is -0.384. The zero-order chi connectivity index (χ0) is 25.9. The molecule has 3 amide bonds. The van der Waals surface area contributed by atoms with Gasteiger partial charge >= 0.3 is 6.03 Å². The van der Waals surface area contributed by atoms with Crippen LogP contribution in [0.2, 0.25) is 0 Å². The number of amides is 3. The number of hydrogen-bond donors (Lipinski definition) is 2. The molecule has 2 heterocycles. The van der Waals surface area contributed by atoms with Gasteiger partial charge in [0, 0.05) is 35.3 Å². The van der Waals surface area contributed by atoms with Crippen molar-refractivity contribution in [3.05, 3.63) is 71.8 Å². The van der Waals surface area contributed by atoms with Gasteiger partial charge in [-0.05, 0) is 24.3 Å². The van der Waals surface area contributed by atoms with Gasteiger partial charge in [-0.15, -0.1) is 11.3 Å². The van der Waals surface area contributed by atoms with E-state index in [1.165, 1.54) is 24.3 Å². The Morgan fingerprint density at radius 3 is 2.40 bits per heavy atom. The molecular weight excluding hydrogens is 476 g/mol. The van der Waals surface area contributed by atoms with Crippen LogP contribution in [-0.2, 0) is 16.1 Å². The Bertz CT molecular complexity index is 1490. The van der Waals surface area contributed by atoms with E-state index in [1.54, 1.807) is 45.0 Å². The first-order chi connectivity index (χ1) is 16.3. The first-order valence-corrected chi connectivity index (χ1v) is 11.1. The van der Waals surface area contributed by atoms with Crippen molar-refractivity contribution < 1.29 is 23.7 Å². The summed E-state index contributed by atoms with van der Waals surface area (Å²) in [6, 6.07) is 7.99. The van der Waals surface area contributed by atoms with E-state index in [0.717, 1.165) is 15.9 Å². The standard InChI is InChI=1S/C23H22N4O7S/c1-23(2,3)18(28)11-20-26(12-19(29)25-22(24)31)21(30)17(35-20)10-15-8-9-16(34-15)13-4-6-14(7-5-13)27(32)33/h4-11H,12H2,1-3H3,(H3,24,25,29,31). The van der Waals surface area contributed by atoms with Crippen LogP contribution < -0.4 is 25.8 Å². The number of furan rings is 1. The van der Waals surface area contributed by atoms with Gasteiger partial charge in [-0.3, -0.25) is 34.4 Å². The summed E-state index contributed by atoms with van der Waals surface area (Å²) >= 11 is 0.984. The monoisotopic (exact) mass is 498 g/mol. The number of ketones is 1. The van der Waals surface area contributed by atoms with Gasteiger partial charge in [0.1, 0.15) is 22.7 Å². The lowest BCUT2D eigenvalue weighted by Gasteiger charge is -2.12. The molecule has 0 saturated carbocycles. The van der Waals surface area contributed by atoms with Crippen LogP contribution in [-0.4, -0.2) is 27.2 Å². The van der Waals surface area contributed by atoms with Crippen LogP contribution in [0.5, 0.6) is 0 Å². The van der Waals surface area contributed by atoms with Crippen molar-refractivity contribution >= 4 is 46.9 Å². The number of nitrogens with one attached hydrogen (secondary N) is 1. The molecule has 0 fully saturated rings. The second kappa shape index (κ2) is 9.89. The predicted molar refractivity (Wildman–Crippen MR) is 129 cm³/mol. The van der Waals surface area contributed by atoms with Crippen LogP contribution in [0.4, 0.5) is 10.5 Å². The Balaban J connectivity index is 2.05.